The highest BCUT2D eigenvalue weighted by molar-refractivity contribution is 5.60. The highest BCUT2D eigenvalue weighted by Crippen LogP contribution is 2.25. The van der Waals surface area contributed by atoms with Crippen LogP contribution in [0, 0.1) is 0 Å². The van der Waals surface area contributed by atoms with E-state index >= 15 is 0 Å². The van der Waals surface area contributed by atoms with Crippen molar-refractivity contribution >= 4 is 11.5 Å². The first-order valence-electron chi connectivity index (χ1n) is 9.85. The quantitative estimate of drug-likeness (QED) is 0.458. The molecule has 0 N–H and O–H groups in total. The predicted molar refractivity (Wildman–Crippen MR) is 115 cm³/mol. The molecule has 0 unspecified atom stereocenters. The molecule has 0 aliphatic carbocycles. The number of ether oxygens (including phenoxy) is 2. The first kappa shape index (κ1) is 19.7. The van der Waals surface area contributed by atoms with Gasteiger partial charge in [0, 0.05) is 11.8 Å². The Morgan fingerprint density at radius 2 is 1.68 bits per heavy atom. The molecule has 0 aliphatic rings. The van der Waals surface area contributed by atoms with E-state index in [9.17, 15) is 0 Å². The Balaban J connectivity index is 1.66. The Hall–Kier alpha value is -3.01. The monoisotopic (exact) mass is 376 g/mol. The molecule has 0 amide bonds. The third-order valence-electron chi connectivity index (χ3n) is 4.59. The molecule has 0 saturated heterocycles. The lowest BCUT2D eigenvalue weighted by Gasteiger charge is -2.24. The molecule has 4 nitrogen and oxygen atoms in total. The molecule has 3 aromatic rings. The van der Waals surface area contributed by atoms with E-state index in [0.29, 0.717) is 19.0 Å². The first-order chi connectivity index (χ1) is 13.8. The van der Waals surface area contributed by atoms with Crippen molar-refractivity contribution in [2.45, 2.75) is 26.2 Å². The lowest BCUT2D eigenvalue weighted by molar-refractivity contribution is 0.327. The van der Waals surface area contributed by atoms with E-state index in [0.717, 1.165) is 23.7 Å². The van der Waals surface area contributed by atoms with E-state index in [1.807, 2.05) is 36.4 Å². The van der Waals surface area contributed by atoms with Crippen molar-refractivity contribution in [3.05, 3.63) is 78.4 Å². The predicted octanol–water partition coefficient (Wildman–Crippen LogP) is 5.65. The van der Waals surface area contributed by atoms with Gasteiger partial charge in [0.05, 0.1) is 13.7 Å². The van der Waals surface area contributed by atoms with Crippen molar-refractivity contribution in [1.82, 2.24) is 4.98 Å². The van der Waals surface area contributed by atoms with Crippen LogP contribution in [-0.4, -0.2) is 25.2 Å². The Morgan fingerprint density at radius 3 is 2.39 bits per heavy atom. The molecule has 0 aliphatic heterocycles. The molecule has 2 aromatic carbocycles. The topological polar surface area (TPSA) is 34.6 Å². The van der Waals surface area contributed by atoms with Gasteiger partial charge in [0.2, 0.25) is 5.88 Å². The highest BCUT2D eigenvalue weighted by Gasteiger charge is 2.11. The lowest BCUT2D eigenvalue weighted by atomic mass is 10.1. The van der Waals surface area contributed by atoms with Gasteiger partial charge in [0.25, 0.3) is 0 Å². The zero-order valence-electron chi connectivity index (χ0n) is 16.7. The van der Waals surface area contributed by atoms with Gasteiger partial charge in [0.1, 0.15) is 18.2 Å². The minimum absolute atomic E-state index is 0.558. The summed E-state index contributed by atoms with van der Waals surface area (Å²) in [5, 5.41) is 0. The molecule has 0 atom stereocenters. The number of hydrogen-bond acceptors (Lipinski definition) is 4. The smallest absolute Gasteiger partial charge is 0.214 e. The summed E-state index contributed by atoms with van der Waals surface area (Å²) in [6, 6.07) is 24.4. The number of rotatable bonds is 10. The molecule has 0 saturated carbocycles. The maximum atomic E-state index is 5.99. The van der Waals surface area contributed by atoms with Crippen LogP contribution in [0.25, 0.3) is 0 Å². The second-order valence-electron chi connectivity index (χ2n) is 6.62. The van der Waals surface area contributed by atoms with Crippen LogP contribution in [0.15, 0.2) is 72.8 Å². The van der Waals surface area contributed by atoms with Crippen LogP contribution < -0.4 is 14.4 Å². The average Bonchev–Trinajstić information content (AvgIpc) is 2.77. The van der Waals surface area contributed by atoms with Crippen LogP contribution in [0.1, 0.15) is 25.3 Å². The van der Waals surface area contributed by atoms with Gasteiger partial charge < -0.3 is 14.4 Å². The molecule has 3 rings (SSSR count). The molecule has 0 bridgehead atoms. The fourth-order valence-corrected chi connectivity index (χ4v) is 3.04. The number of pyridine rings is 1. The van der Waals surface area contributed by atoms with Gasteiger partial charge in [-0.1, -0.05) is 49.7 Å². The summed E-state index contributed by atoms with van der Waals surface area (Å²) >= 11 is 0. The number of nitrogens with zero attached hydrogens (tertiary/aromatic N) is 2. The highest BCUT2D eigenvalue weighted by atomic mass is 16.5. The summed E-state index contributed by atoms with van der Waals surface area (Å²) in [6.45, 7) is 3.46. The molecule has 0 radical (unpaired) electrons. The summed E-state index contributed by atoms with van der Waals surface area (Å²) in [7, 11) is 1.63. The standard InChI is InChI=1S/C24H28N2O2/c1-3-4-9-20-14-16-22(17-15-20)28-19-18-26(21-10-6-5-7-11-21)23-12-8-13-24(25-23)27-2/h5-8,10-17H,3-4,9,18-19H2,1-2H3. The van der Waals surface area contributed by atoms with Crippen LogP contribution in [0.2, 0.25) is 0 Å². The zero-order chi connectivity index (χ0) is 19.6. The normalized spacial score (nSPS) is 10.5. The Labute approximate surface area is 167 Å². The van der Waals surface area contributed by atoms with Gasteiger partial charge in [-0.25, -0.2) is 0 Å². The molecular weight excluding hydrogens is 348 g/mol. The summed E-state index contributed by atoms with van der Waals surface area (Å²) in [5.41, 5.74) is 2.43. The van der Waals surface area contributed by atoms with Gasteiger partial charge in [-0.05, 0) is 48.7 Å². The zero-order valence-corrected chi connectivity index (χ0v) is 16.7. The Kier molecular flexibility index (Phi) is 7.30. The summed E-state index contributed by atoms with van der Waals surface area (Å²) in [6.07, 6.45) is 3.56. The molecule has 0 spiro atoms. The van der Waals surface area contributed by atoms with Gasteiger partial charge in [0.15, 0.2) is 0 Å². The Morgan fingerprint density at radius 1 is 0.893 bits per heavy atom. The van der Waals surface area contributed by atoms with Crippen LogP contribution in [-0.2, 0) is 6.42 Å². The maximum Gasteiger partial charge on any atom is 0.214 e. The van der Waals surface area contributed by atoms with Gasteiger partial charge in [-0.3, -0.25) is 0 Å². The van der Waals surface area contributed by atoms with Crippen LogP contribution in [0.5, 0.6) is 11.6 Å². The van der Waals surface area contributed by atoms with Crippen molar-refractivity contribution in [2.24, 2.45) is 0 Å². The van der Waals surface area contributed by atoms with Gasteiger partial charge >= 0.3 is 0 Å². The molecular formula is C24H28N2O2. The van der Waals surface area contributed by atoms with Crippen molar-refractivity contribution in [3.63, 3.8) is 0 Å². The fourth-order valence-electron chi connectivity index (χ4n) is 3.04. The number of aryl methyl sites for hydroxylation is 1. The molecule has 1 heterocycles. The fraction of sp³-hybridized carbons (Fsp3) is 0.292. The summed E-state index contributed by atoms with van der Waals surface area (Å²) < 4.78 is 11.3. The SMILES string of the molecule is CCCCc1ccc(OCCN(c2ccccc2)c2cccc(OC)n2)cc1. The number of benzene rings is 2. The molecule has 146 valence electrons. The van der Waals surface area contributed by atoms with E-state index in [1.165, 1.54) is 18.4 Å². The molecule has 28 heavy (non-hydrogen) atoms. The molecule has 4 heteroatoms. The third kappa shape index (κ3) is 5.49. The van der Waals surface area contributed by atoms with Crippen LogP contribution >= 0.6 is 0 Å². The minimum Gasteiger partial charge on any atom is -0.492 e. The van der Waals surface area contributed by atoms with E-state index in [-0.39, 0.29) is 0 Å². The average molecular weight is 377 g/mol. The number of unbranched alkanes of at least 4 members (excludes halogenated alkanes) is 1. The summed E-state index contributed by atoms with van der Waals surface area (Å²) in [4.78, 5) is 6.72. The number of methoxy groups -OCH3 is 1. The van der Waals surface area contributed by atoms with Crippen LogP contribution in [0.3, 0.4) is 0 Å². The second kappa shape index (κ2) is 10.4. The first-order valence-corrected chi connectivity index (χ1v) is 9.85. The van der Waals surface area contributed by atoms with E-state index in [1.54, 1.807) is 7.11 Å². The van der Waals surface area contributed by atoms with Crippen molar-refractivity contribution in [2.75, 3.05) is 25.2 Å². The number of hydrogen-bond donors (Lipinski definition) is 0. The number of para-hydroxylation sites is 1. The lowest BCUT2D eigenvalue weighted by Crippen LogP contribution is -2.24. The summed E-state index contributed by atoms with van der Waals surface area (Å²) in [5.74, 6) is 2.33. The maximum absolute atomic E-state index is 5.99. The number of anilines is 2. The van der Waals surface area contributed by atoms with E-state index in [4.69, 9.17) is 9.47 Å². The van der Waals surface area contributed by atoms with E-state index < -0.39 is 0 Å². The molecule has 1 aromatic heterocycles. The third-order valence-corrected chi connectivity index (χ3v) is 4.59. The van der Waals surface area contributed by atoms with Gasteiger partial charge in [-0.2, -0.15) is 4.98 Å². The minimum atomic E-state index is 0.558. The van der Waals surface area contributed by atoms with Crippen molar-refractivity contribution < 1.29 is 9.47 Å². The van der Waals surface area contributed by atoms with Crippen molar-refractivity contribution in [3.8, 4) is 11.6 Å². The largest absolute Gasteiger partial charge is 0.492 e. The molecule has 0 fully saturated rings. The van der Waals surface area contributed by atoms with Crippen molar-refractivity contribution in [1.29, 1.82) is 0 Å². The second-order valence-corrected chi connectivity index (χ2v) is 6.62. The van der Waals surface area contributed by atoms with E-state index in [2.05, 4.69) is 53.2 Å². The van der Waals surface area contributed by atoms with Gasteiger partial charge in [-0.15, -0.1) is 0 Å². The van der Waals surface area contributed by atoms with Crippen LogP contribution in [0.4, 0.5) is 11.5 Å². The Bertz CT molecular complexity index is 835. The number of aromatic nitrogens is 1.